The average Bonchev–Trinajstić information content (AvgIpc) is 2.68. The zero-order chi connectivity index (χ0) is 20.1. The molecule has 6 heteroatoms. The van der Waals surface area contributed by atoms with Crippen LogP contribution >= 0.6 is 0 Å². The standard InChI is InChI=1S/C22H26N2O4/c1-15(2)14-27-18-10-8-17(9-11-18)23-21(25)12-13-24-19-6-4-5-7-20(19)28-16(3)22(24)26/h4-11,15-16H,12-14H2,1-3H3,(H,23,25). The van der Waals surface area contributed by atoms with Crippen LogP contribution in [0, 0.1) is 5.92 Å². The fourth-order valence-electron chi connectivity index (χ4n) is 2.92. The molecule has 2 aromatic carbocycles. The van der Waals surface area contributed by atoms with Crippen LogP contribution in [0.1, 0.15) is 27.2 Å². The second-order valence-corrected chi connectivity index (χ2v) is 7.25. The number of benzene rings is 2. The fraction of sp³-hybridized carbons (Fsp3) is 0.364. The summed E-state index contributed by atoms with van der Waals surface area (Å²) in [6.45, 7) is 6.85. The summed E-state index contributed by atoms with van der Waals surface area (Å²) in [7, 11) is 0. The summed E-state index contributed by atoms with van der Waals surface area (Å²) in [6.07, 6.45) is -0.366. The molecule has 1 atom stereocenters. The van der Waals surface area contributed by atoms with Crippen LogP contribution in [0.3, 0.4) is 0 Å². The molecule has 148 valence electrons. The normalized spacial score (nSPS) is 15.8. The minimum Gasteiger partial charge on any atom is -0.493 e. The Kier molecular flexibility index (Phi) is 6.19. The number of para-hydroxylation sites is 2. The molecule has 0 fully saturated rings. The summed E-state index contributed by atoms with van der Waals surface area (Å²) in [4.78, 5) is 26.4. The Balaban J connectivity index is 1.56. The van der Waals surface area contributed by atoms with Crippen LogP contribution in [0.5, 0.6) is 11.5 Å². The monoisotopic (exact) mass is 382 g/mol. The van der Waals surface area contributed by atoms with Crippen molar-refractivity contribution in [2.45, 2.75) is 33.3 Å². The number of hydrogen-bond donors (Lipinski definition) is 1. The van der Waals surface area contributed by atoms with Crippen molar-refractivity contribution in [3.05, 3.63) is 48.5 Å². The molecule has 0 saturated carbocycles. The molecule has 3 rings (SSSR count). The van der Waals surface area contributed by atoms with Gasteiger partial charge in [-0.2, -0.15) is 0 Å². The third kappa shape index (κ3) is 4.82. The predicted octanol–water partition coefficient (Wildman–Crippen LogP) is 3.86. The van der Waals surface area contributed by atoms with Crippen molar-refractivity contribution >= 4 is 23.2 Å². The van der Waals surface area contributed by atoms with E-state index in [2.05, 4.69) is 19.2 Å². The number of anilines is 2. The van der Waals surface area contributed by atoms with Crippen molar-refractivity contribution in [2.75, 3.05) is 23.4 Å². The highest BCUT2D eigenvalue weighted by atomic mass is 16.5. The van der Waals surface area contributed by atoms with E-state index in [1.54, 1.807) is 11.8 Å². The van der Waals surface area contributed by atoms with Gasteiger partial charge in [-0.15, -0.1) is 0 Å². The van der Waals surface area contributed by atoms with Crippen LogP contribution in [0.15, 0.2) is 48.5 Å². The van der Waals surface area contributed by atoms with Crippen molar-refractivity contribution in [2.24, 2.45) is 5.92 Å². The molecule has 28 heavy (non-hydrogen) atoms. The summed E-state index contributed by atoms with van der Waals surface area (Å²) < 4.78 is 11.3. The van der Waals surface area contributed by atoms with Gasteiger partial charge in [-0.3, -0.25) is 9.59 Å². The quantitative estimate of drug-likeness (QED) is 0.789. The van der Waals surface area contributed by atoms with Gasteiger partial charge in [-0.25, -0.2) is 0 Å². The zero-order valence-corrected chi connectivity index (χ0v) is 16.5. The number of ether oxygens (including phenoxy) is 2. The topological polar surface area (TPSA) is 67.9 Å². The summed E-state index contributed by atoms with van der Waals surface area (Å²) in [5.41, 5.74) is 1.40. The highest BCUT2D eigenvalue weighted by Gasteiger charge is 2.31. The third-order valence-electron chi connectivity index (χ3n) is 4.36. The number of amides is 2. The first kappa shape index (κ1) is 19.7. The Labute approximate surface area is 165 Å². The first-order chi connectivity index (χ1) is 13.4. The van der Waals surface area contributed by atoms with Crippen LogP contribution in [0.25, 0.3) is 0 Å². The largest absolute Gasteiger partial charge is 0.493 e. The molecular weight excluding hydrogens is 356 g/mol. The number of hydrogen-bond acceptors (Lipinski definition) is 4. The Hall–Kier alpha value is -3.02. The van der Waals surface area contributed by atoms with Crippen molar-refractivity contribution < 1.29 is 19.1 Å². The van der Waals surface area contributed by atoms with Crippen molar-refractivity contribution in [3.8, 4) is 11.5 Å². The molecule has 1 aliphatic heterocycles. The number of carbonyl (C=O) groups is 2. The van der Waals surface area contributed by atoms with Gasteiger partial charge in [0, 0.05) is 18.7 Å². The minimum absolute atomic E-state index is 0.141. The van der Waals surface area contributed by atoms with Gasteiger partial charge >= 0.3 is 0 Å². The molecule has 1 unspecified atom stereocenters. The molecule has 0 aliphatic carbocycles. The van der Waals surface area contributed by atoms with Crippen LogP contribution in [-0.2, 0) is 9.59 Å². The van der Waals surface area contributed by atoms with Gasteiger partial charge in [0.1, 0.15) is 11.5 Å². The molecule has 2 amide bonds. The Morgan fingerprint density at radius 3 is 2.61 bits per heavy atom. The van der Waals surface area contributed by atoms with Crippen LogP contribution in [-0.4, -0.2) is 31.1 Å². The predicted molar refractivity (Wildman–Crippen MR) is 109 cm³/mol. The first-order valence-electron chi connectivity index (χ1n) is 9.54. The van der Waals surface area contributed by atoms with E-state index in [0.717, 1.165) is 5.75 Å². The Bertz CT molecular complexity index is 833. The van der Waals surface area contributed by atoms with E-state index < -0.39 is 6.10 Å². The van der Waals surface area contributed by atoms with Crippen molar-refractivity contribution in [1.82, 2.24) is 0 Å². The maximum Gasteiger partial charge on any atom is 0.267 e. The molecule has 0 saturated heterocycles. The SMILES string of the molecule is CC(C)COc1ccc(NC(=O)CCN2C(=O)C(C)Oc3ccccc32)cc1. The van der Waals surface area contributed by atoms with Gasteiger partial charge in [-0.05, 0) is 49.2 Å². The van der Waals surface area contributed by atoms with Gasteiger partial charge < -0.3 is 19.7 Å². The molecule has 0 aromatic heterocycles. The third-order valence-corrected chi connectivity index (χ3v) is 4.36. The maximum atomic E-state index is 12.5. The van der Waals surface area contributed by atoms with Crippen LogP contribution in [0.4, 0.5) is 11.4 Å². The average molecular weight is 382 g/mol. The van der Waals surface area contributed by atoms with Crippen LogP contribution < -0.4 is 19.7 Å². The minimum atomic E-state index is -0.559. The summed E-state index contributed by atoms with van der Waals surface area (Å²) >= 11 is 0. The lowest BCUT2D eigenvalue weighted by Gasteiger charge is -2.32. The Morgan fingerprint density at radius 1 is 1.18 bits per heavy atom. The van der Waals surface area contributed by atoms with Gasteiger partial charge in [0.25, 0.3) is 5.91 Å². The summed E-state index contributed by atoms with van der Waals surface area (Å²) in [6, 6.07) is 14.7. The highest BCUT2D eigenvalue weighted by Crippen LogP contribution is 2.33. The zero-order valence-electron chi connectivity index (χ0n) is 16.5. The first-order valence-corrected chi connectivity index (χ1v) is 9.54. The number of fused-ring (bicyclic) bond motifs is 1. The second kappa shape index (κ2) is 8.78. The van der Waals surface area contributed by atoms with E-state index in [4.69, 9.17) is 9.47 Å². The molecule has 1 aliphatic rings. The maximum absolute atomic E-state index is 12.5. The molecule has 0 bridgehead atoms. The number of carbonyl (C=O) groups excluding carboxylic acids is 2. The molecular formula is C22H26N2O4. The number of nitrogens with zero attached hydrogens (tertiary/aromatic N) is 1. The number of rotatable bonds is 7. The van der Waals surface area contributed by atoms with Crippen LogP contribution in [0.2, 0.25) is 0 Å². The smallest absolute Gasteiger partial charge is 0.267 e. The molecule has 1 heterocycles. The second-order valence-electron chi connectivity index (χ2n) is 7.25. The van der Waals surface area contributed by atoms with Gasteiger partial charge in [-0.1, -0.05) is 26.0 Å². The summed E-state index contributed by atoms with van der Waals surface area (Å²) in [5.74, 6) is 1.59. The van der Waals surface area contributed by atoms with Gasteiger partial charge in [0.15, 0.2) is 6.10 Å². The summed E-state index contributed by atoms with van der Waals surface area (Å²) in [5, 5.41) is 2.86. The van der Waals surface area contributed by atoms with Gasteiger partial charge in [0.2, 0.25) is 5.91 Å². The molecule has 1 N–H and O–H groups in total. The van der Waals surface area contributed by atoms with E-state index in [9.17, 15) is 9.59 Å². The van der Waals surface area contributed by atoms with E-state index >= 15 is 0 Å². The van der Waals surface area contributed by atoms with E-state index in [-0.39, 0.29) is 18.2 Å². The van der Waals surface area contributed by atoms with E-state index in [0.29, 0.717) is 36.2 Å². The molecule has 0 spiro atoms. The molecule has 0 radical (unpaired) electrons. The van der Waals surface area contributed by atoms with Gasteiger partial charge in [0.05, 0.1) is 12.3 Å². The highest BCUT2D eigenvalue weighted by molar-refractivity contribution is 6.00. The van der Waals surface area contributed by atoms with Crippen molar-refractivity contribution in [1.29, 1.82) is 0 Å². The number of nitrogens with one attached hydrogen (secondary N) is 1. The van der Waals surface area contributed by atoms with E-state index in [1.165, 1.54) is 0 Å². The fourth-order valence-corrected chi connectivity index (χ4v) is 2.92. The van der Waals surface area contributed by atoms with E-state index in [1.807, 2.05) is 48.5 Å². The lowest BCUT2D eigenvalue weighted by Crippen LogP contribution is -2.45. The Morgan fingerprint density at radius 2 is 1.89 bits per heavy atom. The van der Waals surface area contributed by atoms with Crippen molar-refractivity contribution in [3.63, 3.8) is 0 Å². The molecule has 2 aromatic rings. The lowest BCUT2D eigenvalue weighted by atomic mass is 10.1. The molecule has 6 nitrogen and oxygen atoms in total. The lowest BCUT2D eigenvalue weighted by molar-refractivity contribution is -0.125.